The Bertz CT molecular complexity index is 476. The zero-order valence-corrected chi connectivity index (χ0v) is 12.8. The number of halogens is 1. The van der Waals surface area contributed by atoms with Gasteiger partial charge in [-0.1, -0.05) is 0 Å². The van der Waals surface area contributed by atoms with Crippen molar-refractivity contribution in [1.29, 1.82) is 0 Å². The molecule has 1 aromatic carbocycles. The molecule has 6 heteroatoms. The molecular formula is C13H18BrNO4. The van der Waals surface area contributed by atoms with Gasteiger partial charge in [0, 0.05) is 23.6 Å². The number of hydrogen-bond donors (Lipinski definition) is 2. The number of hydrogen-bond acceptors (Lipinski definition) is 4. The Morgan fingerprint density at radius 2 is 2.00 bits per heavy atom. The van der Waals surface area contributed by atoms with Crippen molar-refractivity contribution in [2.45, 2.75) is 25.8 Å². The molecule has 0 aliphatic heterocycles. The third-order valence-electron chi connectivity index (χ3n) is 2.92. The van der Waals surface area contributed by atoms with Crippen LogP contribution in [0.25, 0.3) is 0 Å². The molecule has 0 saturated carbocycles. The molecule has 0 saturated heterocycles. The second kappa shape index (κ2) is 6.77. The van der Waals surface area contributed by atoms with Gasteiger partial charge in [0.15, 0.2) is 0 Å². The number of rotatable bonds is 6. The fourth-order valence-electron chi connectivity index (χ4n) is 2.00. The molecule has 106 valence electrons. The van der Waals surface area contributed by atoms with Crippen LogP contribution in [0.15, 0.2) is 10.5 Å². The molecule has 0 aromatic heterocycles. The lowest BCUT2D eigenvalue weighted by Crippen LogP contribution is -2.14. The van der Waals surface area contributed by atoms with E-state index in [2.05, 4.69) is 15.9 Å². The molecule has 0 spiro atoms. The molecule has 0 aliphatic carbocycles. The van der Waals surface area contributed by atoms with E-state index in [0.717, 1.165) is 15.6 Å². The van der Waals surface area contributed by atoms with Crippen molar-refractivity contribution in [2.75, 3.05) is 14.2 Å². The minimum atomic E-state index is -0.862. The van der Waals surface area contributed by atoms with Crippen LogP contribution in [-0.4, -0.2) is 25.3 Å². The van der Waals surface area contributed by atoms with E-state index in [1.54, 1.807) is 14.2 Å². The minimum absolute atomic E-state index is 0.0209. The number of methoxy groups -OCH3 is 2. The second-order valence-electron chi connectivity index (χ2n) is 4.18. The van der Waals surface area contributed by atoms with Gasteiger partial charge in [-0.2, -0.15) is 0 Å². The largest absolute Gasteiger partial charge is 0.496 e. The van der Waals surface area contributed by atoms with E-state index >= 15 is 0 Å². The normalized spacial score (nSPS) is 12.1. The molecule has 0 aliphatic rings. The average Bonchev–Trinajstić information content (AvgIpc) is 2.35. The molecule has 19 heavy (non-hydrogen) atoms. The van der Waals surface area contributed by atoms with E-state index in [1.807, 2.05) is 13.0 Å². The molecule has 1 aromatic rings. The van der Waals surface area contributed by atoms with E-state index in [9.17, 15) is 4.79 Å². The molecule has 0 bridgehead atoms. The lowest BCUT2D eigenvalue weighted by Gasteiger charge is -2.20. The monoisotopic (exact) mass is 331 g/mol. The zero-order chi connectivity index (χ0) is 14.6. The van der Waals surface area contributed by atoms with Gasteiger partial charge in [0.25, 0.3) is 0 Å². The van der Waals surface area contributed by atoms with Crippen LogP contribution in [0, 0.1) is 6.92 Å². The molecule has 0 radical (unpaired) electrons. The first-order chi connectivity index (χ1) is 8.92. The van der Waals surface area contributed by atoms with Crippen molar-refractivity contribution in [3.05, 3.63) is 21.7 Å². The maximum absolute atomic E-state index is 10.6. The Hall–Kier alpha value is -1.27. The molecule has 5 nitrogen and oxygen atoms in total. The fourth-order valence-corrected chi connectivity index (χ4v) is 2.70. The van der Waals surface area contributed by atoms with Crippen LogP contribution in [0.2, 0.25) is 0 Å². The van der Waals surface area contributed by atoms with Gasteiger partial charge in [0.2, 0.25) is 0 Å². The SMILES string of the molecule is COc1c(Br)cc(C(N)CCC(=O)O)c(OC)c1C. The Morgan fingerprint density at radius 1 is 1.42 bits per heavy atom. The predicted molar refractivity (Wildman–Crippen MR) is 75.8 cm³/mol. The number of carboxylic acid groups (broad SMARTS) is 1. The summed E-state index contributed by atoms with van der Waals surface area (Å²) in [6, 6.07) is 1.42. The summed E-state index contributed by atoms with van der Waals surface area (Å²) in [6.45, 7) is 1.87. The van der Waals surface area contributed by atoms with Crippen molar-refractivity contribution in [2.24, 2.45) is 5.73 Å². The Balaban J connectivity index is 3.16. The van der Waals surface area contributed by atoms with Gasteiger partial charge in [-0.3, -0.25) is 4.79 Å². The molecule has 3 N–H and O–H groups in total. The summed E-state index contributed by atoms with van der Waals surface area (Å²) in [4.78, 5) is 10.6. The summed E-state index contributed by atoms with van der Waals surface area (Å²) in [6.07, 6.45) is 0.372. The van der Waals surface area contributed by atoms with Crippen LogP contribution in [0.3, 0.4) is 0 Å². The van der Waals surface area contributed by atoms with E-state index in [0.29, 0.717) is 17.9 Å². The minimum Gasteiger partial charge on any atom is -0.496 e. The van der Waals surface area contributed by atoms with E-state index in [4.69, 9.17) is 20.3 Å². The highest BCUT2D eigenvalue weighted by Crippen LogP contribution is 2.40. The fraction of sp³-hybridized carbons (Fsp3) is 0.462. The maximum Gasteiger partial charge on any atom is 0.303 e. The van der Waals surface area contributed by atoms with Crippen LogP contribution < -0.4 is 15.2 Å². The van der Waals surface area contributed by atoms with Crippen molar-refractivity contribution in [3.63, 3.8) is 0 Å². The molecule has 1 atom stereocenters. The third kappa shape index (κ3) is 3.61. The van der Waals surface area contributed by atoms with Crippen LogP contribution in [0.1, 0.15) is 30.0 Å². The summed E-state index contributed by atoms with van der Waals surface area (Å²) in [5.74, 6) is 0.461. The molecule has 1 unspecified atom stereocenters. The summed E-state index contributed by atoms with van der Waals surface area (Å²) in [7, 11) is 3.14. The highest BCUT2D eigenvalue weighted by Gasteiger charge is 2.20. The van der Waals surface area contributed by atoms with E-state index in [-0.39, 0.29) is 6.42 Å². The second-order valence-corrected chi connectivity index (χ2v) is 5.03. The lowest BCUT2D eigenvalue weighted by molar-refractivity contribution is -0.137. The van der Waals surface area contributed by atoms with Gasteiger partial charge in [-0.05, 0) is 35.3 Å². The number of benzene rings is 1. The Kier molecular flexibility index (Phi) is 5.62. The van der Waals surface area contributed by atoms with E-state index < -0.39 is 12.0 Å². The van der Waals surface area contributed by atoms with Crippen molar-refractivity contribution in [1.82, 2.24) is 0 Å². The highest BCUT2D eigenvalue weighted by atomic mass is 79.9. The molecule has 0 heterocycles. The lowest BCUT2D eigenvalue weighted by atomic mass is 9.99. The van der Waals surface area contributed by atoms with Gasteiger partial charge >= 0.3 is 5.97 Å². The van der Waals surface area contributed by atoms with Gasteiger partial charge in [-0.15, -0.1) is 0 Å². The first kappa shape index (κ1) is 15.8. The van der Waals surface area contributed by atoms with Gasteiger partial charge in [0.1, 0.15) is 11.5 Å². The standard InChI is InChI=1S/C13H18BrNO4/c1-7-12(18-2)8(6-9(14)13(7)19-3)10(15)4-5-11(16)17/h6,10H,4-5,15H2,1-3H3,(H,16,17). The smallest absolute Gasteiger partial charge is 0.303 e. The topological polar surface area (TPSA) is 81.8 Å². The van der Waals surface area contributed by atoms with Gasteiger partial charge in [0.05, 0.1) is 18.7 Å². The van der Waals surface area contributed by atoms with Crippen molar-refractivity contribution < 1.29 is 19.4 Å². The summed E-state index contributed by atoms with van der Waals surface area (Å²) in [5.41, 5.74) is 7.65. The average molecular weight is 332 g/mol. The quantitative estimate of drug-likeness (QED) is 0.837. The highest BCUT2D eigenvalue weighted by molar-refractivity contribution is 9.10. The van der Waals surface area contributed by atoms with Crippen LogP contribution in [0.4, 0.5) is 0 Å². The third-order valence-corrected chi connectivity index (χ3v) is 3.51. The predicted octanol–water partition coefficient (Wildman–Crippen LogP) is 2.64. The number of nitrogens with two attached hydrogens (primary N) is 1. The number of carboxylic acids is 1. The molecule has 1 rings (SSSR count). The van der Waals surface area contributed by atoms with Gasteiger partial charge < -0.3 is 20.3 Å². The number of ether oxygens (including phenoxy) is 2. The number of aliphatic carboxylic acids is 1. The summed E-state index contributed by atoms with van der Waals surface area (Å²) >= 11 is 3.42. The van der Waals surface area contributed by atoms with Gasteiger partial charge in [-0.25, -0.2) is 0 Å². The zero-order valence-electron chi connectivity index (χ0n) is 11.2. The van der Waals surface area contributed by atoms with Crippen LogP contribution in [0.5, 0.6) is 11.5 Å². The first-order valence-corrected chi connectivity index (χ1v) is 6.60. The molecular weight excluding hydrogens is 314 g/mol. The van der Waals surface area contributed by atoms with Crippen molar-refractivity contribution >= 4 is 21.9 Å². The van der Waals surface area contributed by atoms with Crippen LogP contribution in [-0.2, 0) is 4.79 Å². The van der Waals surface area contributed by atoms with Crippen molar-refractivity contribution in [3.8, 4) is 11.5 Å². The van der Waals surface area contributed by atoms with Crippen LogP contribution >= 0.6 is 15.9 Å². The maximum atomic E-state index is 10.6. The summed E-state index contributed by atoms with van der Waals surface area (Å²) in [5, 5.41) is 8.71. The first-order valence-electron chi connectivity index (χ1n) is 5.80. The Labute approximate surface area is 120 Å². The number of carbonyl (C=O) groups is 1. The summed E-state index contributed by atoms with van der Waals surface area (Å²) < 4.78 is 11.4. The molecule has 0 fully saturated rings. The Morgan fingerprint density at radius 3 is 2.47 bits per heavy atom. The molecule has 0 amide bonds. The van der Waals surface area contributed by atoms with E-state index in [1.165, 1.54) is 0 Å².